The zero-order chi connectivity index (χ0) is 18.5. The van der Waals surface area contributed by atoms with E-state index in [2.05, 4.69) is 85.4 Å². The van der Waals surface area contributed by atoms with E-state index in [9.17, 15) is 0 Å². The number of halogens is 2. The second-order valence-electron chi connectivity index (χ2n) is 10.3. The molecule has 0 radical (unpaired) electrons. The maximum Gasteiger partial charge on any atom is 0.0567 e. The van der Waals surface area contributed by atoms with E-state index in [0.29, 0.717) is 16.7 Å². The van der Waals surface area contributed by atoms with Gasteiger partial charge in [0.2, 0.25) is 0 Å². The quantitative estimate of drug-likeness (QED) is 0.373. The van der Waals surface area contributed by atoms with Crippen LogP contribution in [-0.4, -0.2) is 0 Å². The molecule has 0 aromatic heterocycles. The van der Waals surface area contributed by atoms with Crippen LogP contribution < -0.4 is 0 Å². The van der Waals surface area contributed by atoms with Gasteiger partial charge < -0.3 is 0 Å². The fourth-order valence-corrected chi connectivity index (χ4v) is 4.79. The molecular weight excluding hydrogens is 424 g/mol. The molecule has 0 aliphatic heterocycles. The van der Waals surface area contributed by atoms with Crippen LogP contribution in [0, 0.1) is 46.8 Å². The number of allylic oxidation sites excluding steroid dienone is 1. The normalized spacial score (nSPS) is 29.3. The first kappa shape index (κ1) is 22.3. The summed E-state index contributed by atoms with van der Waals surface area (Å²) in [5.74, 6) is 6.10. The van der Waals surface area contributed by atoms with Gasteiger partial charge >= 0.3 is 0 Å². The van der Waals surface area contributed by atoms with E-state index < -0.39 is 0 Å². The van der Waals surface area contributed by atoms with Crippen LogP contribution in [0.1, 0.15) is 80.1 Å². The lowest BCUT2D eigenvalue weighted by Crippen LogP contribution is -2.26. The summed E-state index contributed by atoms with van der Waals surface area (Å²) in [7, 11) is 0. The summed E-state index contributed by atoms with van der Waals surface area (Å²) in [6.07, 6.45) is 15.6. The molecule has 0 unspecified atom stereocenters. The van der Waals surface area contributed by atoms with Crippen molar-refractivity contribution in [2.45, 2.75) is 80.1 Å². The minimum Gasteiger partial charge on any atom is -0.120 e. The molecule has 0 aromatic carbocycles. The van der Waals surface area contributed by atoms with Crippen LogP contribution in [0.2, 0.25) is 0 Å². The first-order valence-corrected chi connectivity index (χ1v) is 11.0. The second kappa shape index (κ2) is 9.27. The van der Waals surface area contributed by atoms with E-state index in [4.69, 9.17) is 6.42 Å². The zero-order valence-electron chi connectivity index (χ0n) is 16.5. The summed E-state index contributed by atoms with van der Waals surface area (Å²) in [6, 6.07) is 0. The Morgan fingerprint density at radius 3 is 1.67 bits per heavy atom. The smallest absolute Gasteiger partial charge is 0.0567 e. The molecule has 0 bridgehead atoms. The monoisotopic (exact) mass is 458 g/mol. The molecule has 0 nitrogen and oxygen atoms in total. The average Bonchev–Trinajstić information content (AvgIpc) is 2.28. The van der Waals surface area contributed by atoms with Gasteiger partial charge in [0.1, 0.15) is 0 Å². The highest BCUT2D eigenvalue weighted by Crippen LogP contribution is 2.43. The standard InChI is InChI=1S/C11H18Br2.C11H18/c1-11(2,3)7-9-4-8(5-9)6-10(12)13;1-5-9-6-10(7-9)8-11(2,3)4/h6,8-9H,4-5,7H2,1-3H3;1,9-10H,6-8H2,2-4H3. The van der Waals surface area contributed by atoms with Gasteiger partial charge in [0.05, 0.1) is 3.39 Å². The third-order valence-corrected chi connectivity index (χ3v) is 5.44. The Labute approximate surface area is 167 Å². The molecule has 2 heteroatoms. The predicted octanol–water partition coefficient (Wildman–Crippen LogP) is 8.16. The first-order valence-electron chi connectivity index (χ1n) is 9.37. The maximum atomic E-state index is 5.31. The molecule has 138 valence electrons. The van der Waals surface area contributed by atoms with Gasteiger partial charge in [-0.1, -0.05) is 47.6 Å². The van der Waals surface area contributed by atoms with Gasteiger partial charge in [-0.15, -0.1) is 12.3 Å². The van der Waals surface area contributed by atoms with E-state index in [1.54, 1.807) is 0 Å². The van der Waals surface area contributed by atoms with Crippen molar-refractivity contribution in [3.8, 4) is 12.3 Å². The van der Waals surface area contributed by atoms with E-state index >= 15 is 0 Å². The summed E-state index contributed by atoms with van der Waals surface area (Å²) in [5, 5.41) is 0. The molecule has 0 heterocycles. The van der Waals surface area contributed by atoms with Gasteiger partial charge in [-0.25, -0.2) is 0 Å². The van der Waals surface area contributed by atoms with Crippen molar-refractivity contribution in [3.05, 3.63) is 9.47 Å². The molecular formula is C22H36Br2. The van der Waals surface area contributed by atoms with Gasteiger partial charge in [0, 0.05) is 5.92 Å². The Morgan fingerprint density at radius 2 is 1.33 bits per heavy atom. The van der Waals surface area contributed by atoms with Crippen molar-refractivity contribution in [3.63, 3.8) is 0 Å². The van der Waals surface area contributed by atoms with Crippen LogP contribution in [0.25, 0.3) is 0 Å². The van der Waals surface area contributed by atoms with E-state index in [1.165, 1.54) is 38.5 Å². The summed E-state index contributed by atoms with van der Waals surface area (Å²) < 4.78 is 1.11. The minimum atomic E-state index is 0.490. The van der Waals surface area contributed by atoms with Crippen molar-refractivity contribution in [1.29, 1.82) is 0 Å². The molecule has 24 heavy (non-hydrogen) atoms. The Morgan fingerprint density at radius 1 is 0.917 bits per heavy atom. The molecule has 0 saturated heterocycles. The van der Waals surface area contributed by atoms with Gasteiger partial charge in [0.25, 0.3) is 0 Å². The van der Waals surface area contributed by atoms with Crippen LogP contribution in [0.5, 0.6) is 0 Å². The van der Waals surface area contributed by atoms with Crippen molar-refractivity contribution in [2.24, 2.45) is 34.5 Å². The second-order valence-corrected chi connectivity index (χ2v) is 13.1. The van der Waals surface area contributed by atoms with E-state index in [1.807, 2.05) is 0 Å². The maximum absolute atomic E-state index is 5.31. The largest absolute Gasteiger partial charge is 0.120 e. The lowest BCUT2D eigenvalue weighted by molar-refractivity contribution is 0.164. The number of terminal acetylenes is 1. The Kier molecular flexibility index (Phi) is 8.61. The molecule has 0 N–H and O–H groups in total. The molecule has 2 fully saturated rings. The molecule has 2 saturated carbocycles. The highest BCUT2D eigenvalue weighted by Gasteiger charge is 2.31. The Balaban J connectivity index is 0.000000243. The Bertz CT molecular complexity index is 440. The lowest BCUT2D eigenvalue weighted by atomic mass is 9.68. The van der Waals surface area contributed by atoms with Crippen LogP contribution in [0.3, 0.4) is 0 Å². The third kappa shape index (κ3) is 9.67. The topological polar surface area (TPSA) is 0 Å². The molecule has 0 spiro atoms. The van der Waals surface area contributed by atoms with Gasteiger partial charge in [-0.2, -0.15) is 0 Å². The van der Waals surface area contributed by atoms with Crippen LogP contribution in [0.4, 0.5) is 0 Å². The highest BCUT2D eigenvalue weighted by molar-refractivity contribution is 9.28. The highest BCUT2D eigenvalue weighted by atomic mass is 79.9. The van der Waals surface area contributed by atoms with Crippen LogP contribution in [0.15, 0.2) is 9.47 Å². The summed E-state index contributed by atoms with van der Waals surface area (Å²) in [5.41, 5.74) is 0.995. The fraction of sp³-hybridized carbons (Fsp3) is 0.818. The number of hydrogen-bond acceptors (Lipinski definition) is 0. The van der Waals surface area contributed by atoms with Crippen LogP contribution in [-0.2, 0) is 0 Å². The average molecular weight is 460 g/mol. The van der Waals surface area contributed by atoms with E-state index in [0.717, 1.165) is 21.1 Å². The Hall–Kier alpha value is 0.260. The van der Waals surface area contributed by atoms with E-state index in [-0.39, 0.29) is 0 Å². The van der Waals surface area contributed by atoms with Gasteiger partial charge in [-0.3, -0.25) is 0 Å². The van der Waals surface area contributed by atoms with Gasteiger partial charge in [-0.05, 0) is 99.0 Å². The number of rotatable bonds is 3. The SMILES string of the molecule is C#CC1CC(CC(C)(C)C)C1.CC(C)(C)CC1CC(C=C(Br)Br)C1. The molecule has 2 rings (SSSR count). The molecule has 0 amide bonds. The fourth-order valence-electron chi connectivity index (χ4n) is 4.04. The zero-order valence-corrected chi connectivity index (χ0v) is 19.6. The van der Waals surface area contributed by atoms with Gasteiger partial charge in [0.15, 0.2) is 0 Å². The third-order valence-electron chi connectivity index (χ3n) is 4.91. The molecule has 0 aromatic rings. The van der Waals surface area contributed by atoms with Crippen molar-refractivity contribution in [1.82, 2.24) is 0 Å². The van der Waals surface area contributed by atoms with Crippen LogP contribution >= 0.6 is 31.9 Å². The molecule has 2 aliphatic carbocycles. The lowest BCUT2D eigenvalue weighted by Gasteiger charge is -2.37. The van der Waals surface area contributed by atoms with Crippen molar-refractivity contribution >= 4 is 31.9 Å². The summed E-state index contributed by atoms with van der Waals surface area (Å²) in [4.78, 5) is 0. The first-order chi connectivity index (χ1) is 10.9. The summed E-state index contributed by atoms with van der Waals surface area (Å²) >= 11 is 6.82. The molecule has 0 atom stereocenters. The minimum absolute atomic E-state index is 0.490. The molecule has 2 aliphatic rings. The number of hydrogen-bond donors (Lipinski definition) is 0. The van der Waals surface area contributed by atoms with Crippen molar-refractivity contribution < 1.29 is 0 Å². The van der Waals surface area contributed by atoms with Crippen molar-refractivity contribution in [2.75, 3.05) is 0 Å². The predicted molar refractivity (Wildman–Crippen MR) is 115 cm³/mol. The summed E-state index contributed by atoms with van der Waals surface area (Å²) in [6.45, 7) is 13.9.